The molecule has 0 aliphatic carbocycles. The molecule has 7 heteroatoms. The maximum Gasteiger partial charge on any atom is 0.247 e. The summed E-state index contributed by atoms with van der Waals surface area (Å²) >= 11 is 0. The first kappa shape index (κ1) is 22.3. The highest BCUT2D eigenvalue weighted by atomic mass is 16.5. The number of phenols is 1. The summed E-state index contributed by atoms with van der Waals surface area (Å²) in [4.78, 5) is 12.2. The molecule has 0 unspecified atom stereocenters. The van der Waals surface area contributed by atoms with Gasteiger partial charge in [0.15, 0.2) is 5.78 Å². The lowest BCUT2D eigenvalue weighted by molar-refractivity contribution is 0.0965. The molecule has 0 saturated carbocycles. The van der Waals surface area contributed by atoms with Crippen LogP contribution >= 0.6 is 0 Å². The Balaban J connectivity index is 1.41. The number of carbonyl (C=O) groups excluding carboxylic acids is 1. The summed E-state index contributed by atoms with van der Waals surface area (Å²) in [7, 11) is 0. The Kier molecular flexibility index (Phi) is 7.65. The van der Waals surface area contributed by atoms with Gasteiger partial charge >= 0.3 is 0 Å². The largest absolute Gasteiger partial charge is 0.507 e. The van der Waals surface area contributed by atoms with Gasteiger partial charge in [0.2, 0.25) is 12.3 Å². The van der Waals surface area contributed by atoms with Gasteiger partial charge < -0.3 is 19.0 Å². The summed E-state index contributed by atoms with van der Waals surface area (Å²) in [5.41, 5.74) is 1.79. The van der Waals surface area contributed by atoms with Crippen LogP contribution in [0.25, 0.3) is 11.5 Å². The molecule has 0 amide bonds. The molecule has 2 aromatic carbocycles. The number of rotatable bonds is 11. The first-order chi connectivity index (χ1) is 15.0. The maximum atomic E-state index is 12.2. The second-order valence-corrected chi connectivity index (χ2v) is 7.78. The van der Waals surface area contributed by atoms with E-state index in [-0.39, 0.29) is 17.5 Å². The lowest BCUT2D eigenvalue weighted by Gasteiger charge is -2.13. The second-order valence-electron chi connectivity index (χ2n) is 7.78. The molecule has 1 heterocycles. The fourth-order valence-electron chi connectivity index (χ4n) is 3.11. The summed E-state index contributed by atoms with van der Waals surface area (Å²) < 4.78 is 16.7. The van der Waals surface area contributed by atoms with E-state index in [1.807, 2.05) is 38.1 Å². The first-order valence-corrected chi connectivity index (χ1v) is 10.4. The maximum absolute atomic E-state index is 12.2. The Morgan fingerprint density at radius 1 is 1.06 bits per heavy atom. The quantitative estimate of drug-likeness (QED) is 0.333. The minimum absolute atomic E-state index is 0.00969. The average molecular weight is 424 g/mol. The number of benzene rings is 2. The van der Waals surface area contributed by atoms with E-state index in [1.165, 1.54) is 6.39 Å². The van der Waals surface area contributed by atoms with Crippen molar-refractivity contribution in [3.05, 3.63) is 53.9 Å². The van der Waals surface area contributed by atoms with Crippen molar-refractivity contribution in [3.8, 4) is 28.7 Å². The normalized spacial score (nSPS) is 11.0. The average Bonchev–Trinajstić information content (AvgIpc) is 3.28. The number of aromatic nitrogens is 2. The summed E-state index contributed by atoms with van der Waals surface area (Å²) in [6.45, 7) is 6.79. The van der Waals surface area contributed by atoms with E-state index in [4.69, 9.17) is 13.9 Å². The van der Waals surface area contributed by atoms with Crippen LogP contribution in [0.1, 0.15) is 49.0 Å². The Morgan fingerprint density at radius 2 is 1.77 bits per heavy atom. The minimum atomic E-state index is -0.0515. The molecule has 0 atom stereocenters. The van der Waals surface area contributed by atoms with Gasteiger partial charge in [-0.2, -0.15) is 0 Å². The third-order valence-corrected chi connectivity index (χ3v) is 4.80. The number of unbranched alkanes of at least 4 members (excludes halogenated alkanes) is 1. The van der Waals surface area contributed by atoms with E-state index in [9.17, 15) is 9.90 Å². The number of Topliss-reactive ketones (excluding diaryl/α,β-unsaturated/α-hetero) is 1. The predicted molar refractivity (Wildman–Crippen MR) is 117 cm³/mol. The number of hydrogen-bond donors (Lipinski definition) is 1. The smallest absolute Gasteiger partial charge is 0.247 e. The molecule has 3 rings (SSSR count). The monoisotopic (exact) mass is 424 g/mol. The third kappa shape index (κ3) is 6.07. The molecule has 0 aliphatic rings. The van der Waals surface area contributed by atoms with Gasteiger partial charge in [0.05, 0.1) is 18.8 Å². The van der Waals surface area contributed by atoms with Gasteiger partial charge in [-0.25, -0.2) is 0 Å². The molecule has 0 radical (unpaired) electrons. The zero-order valence-corrected chi connectivity index (χ0v) is 18.1. The van der Waals surface area contributed by atoms with Crippen LogP contribution in [0.2, 0.25) is 0 Å². The van der Waals surface area contributed by atoms with E-state index in [0.717, 1.165) is 24.2 Å². The summed E-state index contributed by atoms with van der Waals surface area (Å²) in [6, 6.07) is 10.9. The SMILES string of the molecule is Cc1c(OCCCCOc2ccc(-c3nnco3)cc2)ccc(C(=O)CC(C)C)c1O. The Hall–Kier alpha value is -3.35. The van der Waals surface area contributed by atoms with Crippen LogP contribution in [0.5, 0.6) is 17.2 Å². The number of aromatic hydroxyl groups is 1. The molecule has 1 aromatic heterocycles. The molecule has 0 fully saturated rings. The van der Waals surface area contributed by atoms with Crippen molar-refractivity contribution in [1.29, 1.82) is 0 Å². The van der Waals surface area contributed by atoms with Crippen molar-refractivity contribution in [2.45, 2.75) is 40.0 Å². The van der Waals surface area contributed by atoms with Crippen LogP contribution in [0, 0.1) is 12.8 Å². The van der Waals surface area contributed by atoms with Crippen molar-refractivity contribution in [2.75, 3.05) is 13.2 Å². The molecule has 3 aromatic rings. The lowest BCUT2D eigenvalue weighted by Crippen LogP contribution is -2.06. The number of carbonyl (C=O) groups is 1. The zero-order valence-electron chi connectivity index (χ0n) is 18.1. The highest BCUT2D eigenvalue weighted by Gasteiger charge is 2.17. The standard InChI is InChI=1S/C24H28N2O5/c1-16(2)14-21(27)20-10-11-22(17(3)23(20)28)30-13-5-4-12-29-19-8-6-18(7-9-19)24-26-25-15-31-24/h6-11,15-16,28H,4-5,12-14H2,1-3H3. The number of ether oxygens (including phenoxy) is 2. The van der Waals surface area contributed by atoms with Crippen molar-refractivity contribution < 1.29 is 23.8 Å². The molecular weight excluding hydrogens is 396 g/mol. The molecule has 1 N–H and O–H groups in total. The molecule has 31 heavy (non-hydrogen) atoms. The highest BCUT2D eigenvalue weighted by Crippen LogP contribution is 2.32. The molecule has 0 aliphatic heterocycles. The van der Waals surface area contributed by atoms with Crippen molar-refractivity contribution >= 4 is 5.78 Å². The fourth-order valence-corrected chi connectivity index (χ4v) is 3.11. The fraction of sp³-hybridized carbons (Fsp3) is 0.375. The number of phenolic OH excluding ortho intramolecular Hbond substituents is 1. The molecular formula is C24H28N2O5. The van der Waals surface area contributed by atoms with Gasteiger partial charge in [0.1, 0.15) is 17.2 Å². The van der Waals surface area contributed by atoms with Crippen molar-refractivity contribution in [1.82, 2.24) is 10.2 Å². The third-order valence-electron chi connectivity index (χ3n) is 4.80. The van der Waals surface area contributed by atoms with Gasteiger partial charge in [-0.3, -0.25) is 4.79 Å². The summed E-state index contributed by atoms with van der Waals surface area (Å²) in [5, 5.41) is 17.9. The van der Waals surface area contributed by atoms with E-state index >= 15 is 0 Å². The number of nitrogens with zero attached hydrogens (tertiary/aromatic N) is 2. The Bertz CT molecular complexity index is 982. The molecule has 164 valence electrons. The van der Waals surface area contributed by atoms with Gasteiger partial charge in [-0.1, -0.05) is 13.8 Å². The molecule has 0 spiro atoms. The predicted octanol–water partition coefficient (Wildman–Crippen LogP) is 5.22. The summed E-state index contributed by atoms with van der Waals surface area (Å²) in [6.07, 6.45) is 3.33. The van der Waals surface area contributed by atoms with E-state index in [0.29, 0.717) is 42.4 Å². The van der Waals surface area contributed by atoms with Crippen LogP contribution < -0.4 is 9.47 Å². The lowest BCUT2D eigenvalue weighted by atomic mass is 9.98. The Morgan fingerprint density at radius 3 is 2.42 bits per heavy atom. The number of ketones is 1. The Labute approximate surface area is 182 Å². The van der Waals surface area contributed by atoms with E-state index < -0.39 is 0 Å². The van der Waals surface area contributed by atoms with Gasteiger partial charge in [-0.15, -0.1) is 10.2 Å². The van der Waals surface area contributed by atoms with Crippen LogP contribution in [-0.2, 0) is 0 Å². The van der Waals surface area contributed by atoms with Gasteiger partial charge in [0, 0.05) is 17.5 Å². The number of hydrogen-bond acceptors (Lipinski definition) is 7. The zero-order chi connectivity index (χ0) is 22.2. The van der Waals surface area contributed by atoms with Crippen LogP contribution in [0.4, 0.5) is 0 Å². The first-order valence-electron chi connectivity index (χ1n) is 10.4. The van der Waals surface area contributed by atoms with Crippen molar-refractivity contribution in [2.24, 2.45) is 5.92 Å². The second kappa shape index (κ2) is 10.6. The summed E-state index contributed by atoms with van der Waals surface area (Å²) in [5.74, 6) is 2.04. The molecule has 0 bridgehead atoms. The van der Waals surface area contributed by atoms with Gasteiger partial charge in [-0.05, 0) is 62.1 Å². The molecule has 0 saturated heterocycles. The van der Waals surface area contributed by atoms with E-state index in [1.54, 1.807) is 19.1 Å². The highest BCUT2D eigenvalue weighted by molar-refractivity contribution is 5.99. The molecule has 7 nitrogen and oxygen atoms in total. The van der Waals surface area contributed by atoms with Crippen LogP contribution in [-0.4, -0.2) is 34.3 Å². The topological polar surface area (TPSA) is 94.7 Å². The van der Waals surface area contributed by atoms with Gasteiger partial charge in [0.25, 0.3) is 0 Å². The van der Waals surface area contributed by atoms with E-state index in [2.05, 4.69) is 10.2 Å². The van der Waals surface area contributed by atoms with Crippen LogP contribution in [0.15, 0.2) is 47.2 Å². The van der Waals surface area contributed by atoms with Crippen molar-refractivity contribution in [3.63, 3.8) is 0 Å². The van der Waals surface area contributed by atoms with Crippen LogP contribution in [0.3, 0.4) is 0 Å². The minimum Gasteiger partial charge on any atom is -0.507 e.